The Bertz CT molecular complexity index is 498. The Hall–Kier alpha value is -0.710. The van der Waals surface area contributed by atoms with E-state index in [1.165, 1.54) is 6.07 Å². The van der Waals surface area contributed by atoms with Crippen LogP contribution in [-0.4, -0.2) is 6.54 Å². The van der Waals surface area contributed by atoms with E-state index in [9.17, 15) is 4.39 Å². The van der Waals surface area contributed by atoms with Gasteiger partial charge in [-0.1, -0.05) is 25.1 Å². The number of halogens is 2. The van der Waals surface area contributed by atoms with E-state index in [4.69, 9.17) is 0 Å². The standard InChI is InChI=1S/C13H13BrFNS/c1-2-16-12(13-10(14)7-8-17-13)9-5-3-4-6-11(9)15/h3-8,12,16H,2H2,1H3. The Morgan fingerprint density at radius 2 is 2.12 bits per heavy atom. The Labute approximate surface area is 113 Å². The van der Waals surface area contributed by atoms with E-state index in [0.717, 1.165) is 15.9 Å². The third-order valence-electron chi connectivity index (χ3n) is 2.53. The van der Waals surface area contributed by atoms with Gasteiger partial charge in [0.2, 0.25) is 0 Å². The molecule has 1 nitrogen and oxygen atoms in total. The molecule has 2 aromatic rings. The van der Waals surface area contributed by atoms with Gasteiger partial charge in [0.05, 0.1) is 6.04 Å². The lowest BCUT2D eigenvalue weighted by Crippen LogP contribution is -2.22. The molecule has 2 rings (SSSR count). The van der Waals surface area contributed by atoms with Crippen LogP contribution in [0.3, 0.4) is 0 Å². The van der Waals surface area contributed by atoms with Crippen molar-refractivity contribution < 1.29 is 4.39 Å². The van der Waals surface area contributed by atoms with E-state index in [1.54, 1.807) is 17.4 Å². The lowest BCUT2D eigenvalue weighted by atomic mass is 10.0. The first-order chi connectivity index (χ1) is 8.24. The van der Waals surface area contributed by atoms with Crippen LogP contribution in [0.5, 0.6) is 0 Å². The molecule has 0 aliphatic heterocycles. The maximum absolute atomic E-state index is 13.8. The van der Waals surface area contributed by atoms with Gasteiger partial charge < -0.3 is 5.32 Å². The van der Waals surface area contributed by atoms with Crippen LogP contribution in [0.4, 0.5) is 4.39 Å². The van der Waals surface area contributed by atoms with Crippen molar-refractivity contribution in [1.29, 1.82) is 0 Å². The van der Waals surface area contributed by atoms with Gasteiger partial charge in [-0.15, -0.1) is 11.3 Å². The number of hydrogen-bond acceptors (Lipinski definition) is 2. The minimum absolute atomic E-state index is 0.0874. The molecule has 17 heavy (non-hydrogen) atoms. The number of thiophene rings is 1. The first-order valence-corrected chi connectivity index (χ1v) is 7.12. The molecule has 0 saturated heterocycles. The molecular weight excluding hydrogens is 301 g/mol. The first kappa shape index (κ1) is 12.7. The molecule has 1 unspecified atom stereocenters. The number of benzene rings is 1. The molecule has 90 valence electrons. The second-order valence-electron chi connectivity index (χ2n) is 3.64. The molecule has 1 aromatic carbocycles. The van der Waals surface area contributed by atoms with E-state index in [2.05, 4.69) is 21.2 Å². The van der Waals surface area contributed by atoms with Crippen molar-refractivity contribution in [2.24, 2.45) is 0 Å². The highest BCUT2D eigenvalue weighted by Crippen LogP contribution is 2.33. The van der Waals surface area contributed by atoms with Crippen LogP contribution in [0.2, 0.25) is 0 Å². The minimum atomic E-state index is -0.168. The largest absolute Gasteiger partial charge is 0.306 e. The molecule has 0 radical (unpaired) electrons. The molecule has 0 saturated carbocycles. The molecule has 0 amide bonds. The number of nitrogens with one attached hydrogen (secondary N) is 1. The molecule has 0 bridgehead atoms. The molecule has 0 aliphatic carbocycles. The normalized spacial score (nSPS) is 12.6. The second-order valence-corrected chi connectivity index (χ2v) is 5.45. The van der Waals surface area contributed by atoms with E-state index < -0.39 is 0 Å². The van der Waals surface area contributed by atoms with Crippen LogP contribution in [-0.2, 0) is 0 Å². The first-order valence-electron chi connectivity index (χ1n) is 5.44. The molecule has 0 spiro atoms. The van der Waals surface area contributed by atoms with Gasteiger partial charge in [0.25, 0.3) is 0 Å². The van der Waals surface area contributed by atoms with Gasteiger partial charge >= 0.3 is 0 Å². The maximum Gasteiger partial charge on any atom is 0.128 e. The highest BCUT2D eigenvalue weighted by Gasteiger charge is 2.19. The summed E-state index contributed by atoms with van der Waals surface area (Å²) in [7, 11) is 0. The van der Waals surface area contributed by atoms with E-state index in [0.29, 0.717) is 5.56 Å². The Morgan fingerprint density at radius 3 is 2.71 bits per heavy atom. The average Bonchev–Trinajstić information content (AvgIpc) is 2.74. The fraction of sp³-hybridized carbons (Fsp3) is 0.231. The smallest absolute Gasteiger partial charge is 0.128 e. The van der Waals surface area contributed by atoms with Crippen molar-refractivity contribution >= 4 is 27.3 Å². The predicted molar refractivity (Wildman–Crippen MR) is 73.9 cm³/mol. The lowest BCUT2D eigenvalue weighted by molar-refractivity contribution is 0.562. The summed E-state index contributed by atoms with van der Waals surface area (Å²) < 4.78 is 14.9. The highest BCUT2D eigenvalue weighted by molar-refractivity contribution is 9.10. The fourth-order valence-corrected chi connectivity index (χ4v) is 3.46. The Balaban J connectivity index is 2.43. The van der Waals surface area contributed by atoms with Crippen LogP contribution in [0.15, 0.2) is 40.2 Å². The third-order valence-corrected chi connectivity index (χ3v) is 4.47. The van der Waals surface area contributed by atoms with E-state index in [1.807, 2.05) is 30.5 Å². The summed E-state index contributed by atoms with van der Waals surface area (Å²) in [4.78, 5) is 1.11. The summed E-state index contributed by atoms with van der Waals surface area (Å²) in [5.74, 6) is -0.168. The van der Waals surface area contributed by atoms with E-state index >= 15 is 0 Å². The monoisotopic (exact) mass is 313 g/mol. The quantitative estimate of drug-likeness (QED) is 0.885. The Kier molecular flexibility index (Phi) is 4.31. The van der Waals surface area contributed by atoms with Crippen molar-refractivity contribution in [3.8, 4) is 0 Å². The summed E-state index contributed by atoms with van der Waals surface area (Å²) in [6, 6.07) is 8.81. The van der Waals surface area contributed by atoms with Crippen LogP contribution >= 0.6 is 27.3 Å². The molecule has 0 fully saturated rings. The SMILES string of the molecule is CCNC(c1ccccc1F)c1sccc1Br. The van der Waals surface area contributed by atoms with Gasteiger partial charge in [0.1, 0.15) is 5.82 Å². The topological polar surface area (TPSA) is 12.0 Å². The Morgan fingerprint density at radius 1 is 1.35 bits per heavy atom. The van der Waals surface area contributed by atoms with Gasteiger partial charge in [0.15, 0.2) is 0 Å². The average molecular weight is 314 g/mol. The van der Waals surface area contributed by atoms with Crippen LogP contribution < -0.4 is 5.32 Å². The zero-order valence-corrected chi connectivity index (χ0v) is 11.8. The van der Waals surface area contributed by atoms with Crippen molar-refractivity contribution in [1.82, 2.24) is 5.32 Å². The van der Waals surface area contributed by atoms with Crippen molar-refractivity contribution in [2.75, 3.05) is 6.54 Å². The molecule has 4 heteroatoms. The zero-order valence-electron chi connectivity index (χ0n) is 9.41. The minimum Gasteiger partial charge on any atom is -0.306 e. The van der Waals surface area contributed by atoms with Crippen molar-refractivity contribution in [3.63, 3.8) is 0 Å². The summed E-state index contributed by atoms with van der Waals surface area (Å²) in [6.45, 7) is 2.82. The molecule has 0 aliphatic rings. The fourth-order valence-electron chi connectivity index (χ4n) is 1.77. The summed E-state index contributed by atoms with van der Waals surface area (Å²) >= 11 is 5.13. The molecule has 1 atom stereocenters. The van der Waals surface area contributed by atoms with Crippen molar-refractivity contribution in [2.45, 2.75) is 13.0 Å². The van der Waals surface area contributed by atoms with Gasteiger partial charge in [-0.05, 0) is 40.0 Å². The zero-order chi connectivity index (χ0) is 12.3. The van der Waals surface area contributed by atoms with Gasteiger partial charge in [-0.2, -0.15) is 0 Å². The van der Waals surface area contributed by atoms with Gasteiger partial charge in [-0.25, -0.2) is 4.39 Å². The van der Waals surface area contributed by atoms with Gasteiger partial charge in [-0.3, -0.25) is 0 Å². The predicted octanol–water partition coefficient (Wildman–Crippen LogP) is 4.35. The number of rotatable bonds is 4. The summed E-state index contributed by atoms with van der Waals surface area (Å²) in [6.07, 6.45) is 0. The lowest BCUT2D eigenvalue weighted by Gasteiger charge is -2.18. The molecule has 1 heterocycles. The van der Waals surface area contributed by atoms with Crippen LogP contribution in [0, 0.1) is 5.82 Å². The summed E-state index contributed by atoms with van der Waals surface area (Å²) in [5.41, 5.74) is 0.692. The molecule has 1 aromatic heterocycles. The molecule has 1 N–H and O–H groups in total. The van der Waals surface area contributed by atoms with Crippen LogP contribution in [0.25, 0.3) is 0 Å². The summed E-state index contributed by atoms with van der Waals surface area (Å²) in [5, 5.41) is 5.33. The van der Waals surface area contributed by atoms with Crippen molar-refractivity contribution in [3.05, 3.63) is 56.4 Å². The maximum atomic E-state index is 13.8. The van der Waals surface area contributed by atoms with E-state index in [-0.39, 0.29) is 11.9 Å². The number of hydrogen-bond donors (Lipinski definition) is 1. The van der Waals surface area contributed by atoms with Gasteiger partial charge in [0, 0.05) is 14.9 Å². The second kappa shape index (κ2) is 5.76. The van der Waals surface area contributed by atoms with Crippen LogP contribution in [0.1, 0.15) is 23.4 Å². The highest BCUT2D eigenvalue weighted by atomic mass is 79.9. The molecular formula is C13H13BrFNS. The third kappa shape index (κ3) is 2.76.